The highest BCUT2D eigenvalue weighted by Crippen LogP contribution is 2.32. The van der Waals surface area contributed by atoms with Gasteiger partial charge in [-0.2, -0.15) is 0 Å². The first-order valence-electron chi connectivity index (χ1n) is 7.16. The van der Waals surface area contributed by atoms with E-state index in [1.807, 2.05) is 0 Å². The lowest BCUT2D eigenvalue weighted by Gasteiger charge is -2.07. The van der Waals surface area contributed by atoms with E-state index in [0.29, 0.717) is 11.4 Å². The molecule has 0 spiro atoms. The highest BCUT2D eigenvalue weighted by atomic mass is 79.9. The summed E-state index contributed by atoms with van der Waals surface area (Å²) in [6, 6.07) is 9.20. The predicted molar refractivity (Wildman–Crippen MR) is 106 cm³/mol. The summed E-state index contributed by atoms with van der Waals surface area (Å²) < 4.78 is 0.208. The fourth-order valence-corrected chi connectivity index (χ4v) is 2.63. The Morgan fingerprint density at radius 1 is 1.35 bits per heavy atom. The summed E-state index contributed by atoms with van der Waals surface area (Å²) >= 11 is 8.03. The lowest BCUT2D eigenvalue weighted by Crippen LogP contribution is -2.32. The van der Waals surface area contributed by atoms with Crippen LogP contribution in [0.4, 0.5) is 17.1 Å². The van der Waals surface area contributed by atoms with Crippen molar-refractivity contribution in [2.75, 3.05) is 5.32 Å². The van der Waals surface area contributed by atoms with Gasteiger partial charge in [0.15, 0.2) is 5.11 Å². The summed E-state index contributed by atoms with van der Waals surface area (Å²) in [4.78, 5) is 25.4. The van der Waals surface area contributed by atoms with Crippen LogP contribution in [0, 0.1) is 10.1 Å². The molecule has 1 amide bonds. The van der Waals surface area contributed by atoms with Crippen molar-refractivity contribution < 1.29 is 14.8 Å². The van der Waals surface area contributed by atoms with Gasteiger partial charge in [-0.15, -0.1) is 0 Å². The molecule has 2 rings (SSSR count). The number of phenols is 1. The molecule has 0 aromatic heterocycles. The number of aromatic hydroxyl groups is 1. The first kappa shape index (κ1) is 19.5. The van der Waals surface area contributed by atoms with E-state index < -0.39 is 4.92 Å². The number of thiocarbonyl (C=S) groups is 1. The number of halogens is 1. The highest BCUT2D eigenvalue weighted by Gasteiger charge is 2.13. The smallest absolute Gasteiger partial charge is 0.271 e. The number of non-ortho nitro benzene ring substituents is 1. The SMILES string of the molecule is CC(=O)NC(=S)Nc1ccc(N=Cc2cc([N+](=O)[O-])cc(Br)c2O)cc1. The van der Waals surface area contributed by atoms with E-state index in [-0.39, 0.29) is 32.5 Å². The topological polar surface area (TPSA) is 117 Å². The van der Waals surface area contributed by atoms with Gasteiger partial charge < -0.3 is 15.7 Å². The molecular formula is C16H13BrN4O4S. The van der Waals surface area contributed by atoms with Crippen molar-refractivity contribution in [3.63, 3.8) is 0 Å². The van der Waals surface area contributed by atoms with Crippen molar-refractivity contribution in [3.8, 4) is 5.75 Å². The number of hydrogen-bond acceptors (Lipinski definition) is 6. The molecule has 0 saturated carbocycles. The van der Waals surface area contributed by atoms with Gasteiger partial charge in [0.05, 0.1) is 15.1 Å². The zero-order valence-corrected chi connectivity index (χ0v) is 15.8. The molecular weight excluding hydrogens is 424 g/mol. The van der Waals surface area contributed by atoms with Crippen LogP contribution in [0.25, 0.3) is 0 Å². The zero-order valence-electron chi connectivity index (χ0n) is 13.4. The van der Waals surface area contributed by atoms with E-state index >= 15 is 0 Å². The van der Waals surface area contributed by atoms with Crippen LogP contribution in [0.5, 0.6) is 5.75 Å². The average Bonchev–Trinajstić information content (AvgIpc) is 2.56. The van der Waals surface area contributed by atoms with Gasteiger partial charge in [-0.05, 0) is 52.4 Å². The first-order chi connectivity index (χ1) is 12.3. The Morgan fingerprint density at radius 2 is 2.00 bits per heavy atom. The lowest BCUT2D eigenvalue weighted by molar-refractivity contribution is -0.385. The minimum absolute atomic E-state index is 0.140. The second kappa shape index (κ2) is 8.50. The molecule has 0 aliphatic carbocycles. The van der Waals surface area contributed by atoms with Crippen LogP contribution >= 0.6 is 28.1 Å². The van der Waals surface area contributed by atoms with Gasteiger partial charge in [0, 0.05) is 36.5 Å². The Bertz CT molecular complexity index is 900. The molecule has 0 saturated heterocycles. The molecule has 0 aliphatic heterocycles. The monoisotopic (exact) mass is 436 g/mol. The van der Waals surface area contributed by atoms with E-state index in [2.05, 4.69) is 31.6 Å². The molecule has 0 atom stereocenters. The maximum atomic E-state index is 10.9. The summed E-state index contributed by atoms with van der Waals surface area (Å²) in [5.41, 5.74) is 1.26. The first-order valence-corrected chi connectivity index (χ1v) is 8.36. The van der Waals surface area contributed by atoms with Crippen molar-refractivity contribution in [1.29, 1.82) is 0 Å². The molecule has 0 fully saturated rings. The number of nitrogens with zero attached hydrogens (tertiary/aromatic N) is 2. The van der Waals surface area contributed by atoms with Gasteiger partial charge in [-0.1, -0.05) is 0 Å². The number of nitro benzene ring substituents is 1. The van der Waals surface area contributed by atoms with Crippen LogP contribution in [0.15, 0.2) is 45.9 Å². The number of carbonyl (C=O) groups is 1. The summed E-state index contributed by atoms with van der Waals surface area (Å²) in [5.74, 6) is -0.412. The number of hydrogen-bond donors (Lipinski definition) is 3. The molecule has 0 unspecified atom stereocenters. The molecule has 8 nitrogen and oxygen atoms in total. The third-order valence-electron chi connectivity index (χ3n) is 3.06. The summed E-state index contributed by atoms with van der Waals surface area (Å²) in [7, 11) is 0. The normalized spacial score (nSPS) is 10.5. The molecule has 0 bridgehead atoms. The van der Waals surface area contributed by atoms with Gasteiger partial charge in [-0.25, -0.2) is 0 Å². The number of amides is 1. The number of nitrogens with one attached hydrogen (secondary N) is 2. The highest BCUT2D eigenvalue weighted by molar-refractivity contribution is 9.10. The van der Waals surface area contributed by atoms with Crippen LogP contribution in [0.1, 0.15) is 12.5 Å². The summed E-state index contributed by atoms with van der Waals surface area (Å²) in [5, 5.41) is 26.3. The van der Waals surface area contributed by atoms with Gasteiger partial charge in [0.2, 0.25) is 5.91 Å². The lowest BCUT2D eigenvalue weighted by atomic mass is 10.2. The Kier molecular flexibility index (Phi) is 6.36. The second-order valence-electron chi connectivity index (χ2n) is 5.06. The van der Waals surface area contributed by atoms with Crippen molar-refractivity contribution in [1.82, 2.24) is 5.32 Å². The molecule has 3 N–H and O–H groups in total. The van der Waals surface area contributed by atoms with Crippen LogP contribution in [-0.4, -0.2) is 27.3 Å². The van der Waals surface area contributed by atoms with Crippen LogP contribution in [0.2, 0.25) is 0 Å². The average molecular weight is 437 g/mol. The molecule has 10 heteroatoms. The fraction of sp³-hybridized carbons (Fsp3) is 0.0625. The van der Waals surface area contributed by atoms with Gasteiger partial charge in [0.1, 0.15) is 5.75 Å². The number of carbonyl (C=O) groups excluding carboxylic acids is 1. The van der Waals surface area contributed by atoms with Crippen molar-refractivity contribution >= 4 is 62.4 Å². The summed E-state index contributed by atoms with van der Waals surface area (Å²) in [6.45, 7) is 1.35. The molecule has 2 aromatic carbocycles. The maximum absolute atomic E-state index is 10.9. The van der Waals surface area contributed by atoms with Gasteiger partial charge in [-0.3, -0.25) is 19.9 Å². The molecule has 0 radical (unpaired) electrons. The van der Waals surface area contributed by atoms with Crippen molar-refractivity contribution in [2.24, 2.45) is 4.99 Å². The summed E-state index contributed by atoms with van der Waals surface area (Å²) in [6.07, 6.45) is 1.33. The van der Waals surface area contributed by atoms with Crippen LogP contribution < -0.4 is 10.6 Å². The van der Waals surface area contributed by atoms with Gasteiger partial charge >= 0.3 is 0 Å². The predicted octanol–water partition coefficient (Wildman–Crippen LogP) is 3.65. The van der Waals surface area contributed by atoms with Crippen LogP contribution in [-0.2, 0) is 4.79 Å². The number of rotatable bonds is 4. The van der Waals surface area contributed by atoms with Crippen molar-refractivity contribution in [3.05, 3.63) is 56.5 Å². The molecule has 2 aromatic rings. The van der Waals surface area contributed by atoms with E-state index in [9.17, 15) is 20.0 Å². The molecule has 26 heavy (non-hydrogen) atoms. The molecule has 0 aliphatic rings. The standard InChI is InChI=1S/C16H13BrN4O4S/c1-9(22)19-16(26)20-12-4-2-11(3-5-12)18-8-10-6-13(21(24)25)7-14(17)15(10)23/h2-8,23H,1H3,(H2,19,20,22,26). The minimum Gasteiger partial charge on any atom is -0.506 e. The van der Waals surface area contributed by atoms with E-state index in [1.54, 1.807) is 24.3 Å². The van der Waals surface area contributed by atoms with E-state index in [4.69, 9.17) is 12.2 Å². The fourth-order valence-electron chi connectivity index (χ4n) is 1.91. The number of nitro groups is 1. The molecule has 134 valence electrons. The second-order valence-corrected chi connectivity index (χ2v) is 6.33. The van der Waals surface area contributed by atoms with E-state index in [1.165, 1.54) is 25.3 Å². The third kappa shape index (κ3) is 5.33. The maximum Gasteiger partial charge on any atom is 0.271 e. The largest absolute Gasteiger partial charge is 0.506 e. The minimum atomic E-state index is -0.556. The zero-order chi connectivity index (χ0) is 19.3. The Hall–Kier alpha value is -2.85. The Labute approximate surface area is 162 Å². The van der Waals surface area contributed by atoms with Gasteiger partial charge in [0.25, 0.3) is 5.69 Å². The number of aliphatic imine (C=N–C) groups is 1. The number of benzene rings is 2. The Morgan fingerprint density at radius 3 is 2.58 bits per heavy atom. The number of phenolic OH excluding ortho intramolecular Hbond substituents is 1. The van der Waals surface area contributed by atoms with Crippen LogP contribution in [0.3, 0.4) is 0 Å². The van der Waals surface area contributed by atoms with Crippen molar-refractivity contribution in [2.45, 2.75) is 6.92 Å². The van der Waals surface area contributed by atoms with E-state index in [0.717, 1.165) is 0 Å². The number of anilines is 1. The third-order valence-corrected chi connectivity index (χ3v) is 3.86. The quantitative estimate of drug-likeness (QED) is 0.291. The Balaban J connectivity index is 2.15. The molecule has 0 heterocycles.